The zero-order chi connectivity index (χ0) is 19.0. The van der Waals surface area contributed by atoms with Gasteiger partial charge in [0.05, 0.1) is 18.2 Å². The van der Waals surface area contributed by atoms with Crippen LogP contribution >= 0.6 is 0 Å². The fraction of sp³-hybridized carbons (Fsp3) is 0.412. The number of nitrogens with zero attached hydrogens (tertiary/aromatic N) is 3. The molecule has 0 amide bonds. The molecule has 2 aromatic rings. The van der Waals surface area contributed by atoms with Crippen LogP contribution in [0.4, 0.5) is 20.4 Å². The molecule has 0 spiro atoms. The number of aliphatic hydroxyl groups excluding tert-OH is 3. The van der Waals surface area contributed by atoms with Crippen LogP contribution in [0.25, 0.3) is 0 Å². The Balaban J connectivity index is 1.81. The molecule has 4 unspecified atom stereocenters. The van der Waals surface area contributed by atoms with Crippen molar-refractivity contribution in [2.75, 3.05) is 17.7 Å². The van der Waals surface area contributed by atoms with Gasteiger partial charge in [-0.1, -0.05) is 6.07 Å². The molecule has 3 rings (SSSR count). The summed E-state index contributed by atoms with van der Waals surface area (Å²) in [6.07, 6.45) is -2.18. The average molecular weight is 366 g/mol. The summed E-state index contributed by atoms with van der Waals surface area (Å²) in [7, 11) is 1.68. The Morgan fingerprint density at radius 2 is 1.88 bits per heavy atom. The van der Waals surface area contributed by atoms with Crippen LogP contribution in [0.5, 0.6) is 0 Å². The van der Waals surface area contributed by atoms with Gasteiger partial charge in [0.2, 0.25) is 0 Å². The van der Waals surface area contributed by atoms with Crippen LogP contribution in [0, 0.1) is 17.6 Å². The number of rotatable bonds is 4. The molecule has 1 aromatic heterocycles. The number of hydrogen-bond acceptors (Lipinski definition) is 7. The number of hydrogen-bond donors (Lipinski definition) is 4. The predicted octanol–water partition coefficient (Wildman–Crippen LogP) is 0.617. The quantitative estimate of drug-likeness (QED) is 0.627. The van der Waals surface area contributed by atoms with E-state index in [2.05, 4.69) is 9.97 Å². The summed E-state index contributed by atoms with van der Waals surface area (Å²) in [6.45, 7) is 0. The molecular weight excluding hydrogens is 346 g/mol. The highest BCUT2D eigenvalue weighted by Gasteiger charge is 2.47. The van der Waals surface area contributed by atoms with E-state index >= 15 is 0 Å². The Kier molecular flexibility index (Phi) is 5.03. The van der Waals surface area contributed by atoms with Crippen molar-refractivity contribution in [1.29, 1.82) is 0 Å². The number of halogens is 2. The van der Waals surface area contributed by atoms with E-state index in [-0.39, 0.29) is 17.8 Å². The molecule has 9 heteroatoms. The smallest absolute Gasteiger partial charge is 0.159 e. The highest BCUT2D eigenvalue weighted by Crippen LogP contribution is 2.39. The molecule has 1 heterocycles. The first-order valence-electron chi connectivity index (χ1n) is 8.09. The fourth-order valence-corrected chi connectivity index (χ4v) is 3.41. The van der Waals surface area contributed by atoms with Crippen LogP contribution in [0.15, 0.2) is 30.6 Å². The van der Waals surface area contributed by atoms with Gasteiger partial charge in [0.25, 0.3) is 0 Å². The predicted molar refractivity (Wildman–Crippen MR) is 90.1 cm³/mol. The molecule has 0 saturated heterocycles. The lowest BCUT2D eigenvalue weighted by Crippen LogP contribution is -2.41. The summed E-state index contributed by atoms with van der Waals surface area (Å²) in [4.78, 5) is 9.53. The molecule has 1 saturated carbocycles. The second-order valence-corrected chi connectivity index (χ2v) is 6.48. The van der Waals surface area contributed by atoms with Gasteiger partial charge in [-0.15, -0.1) is 0 Å². The maximum absolute atomic E-state index is 13.4. The standard InChI is InChI=1S/C17H20F2N4O3/c1-23(14-6-13(20)21-7-22-14)12-5-9(16(25)17(12)26)15(24)8-2-3-10(18)11(19)4-8/h2-4,6-7,9,12,15-17,24-26H,5H2,1H3,(H2,20,21,22)/t9?,12?,15?,16-,17?/m1/s1. The molecule has 7 nitrogen and oxygen atoms in total. The zero-order valence-corrected chi connectivity index (χ0v) is 14.0. The molecule has 1 aliphatic rings. The van der Waals surface area contributed by atoms with E-state index in [9.17, 15) is 24.1 Å². The van der Waals surface area contributed by atoms with Crippen LogP contribution in [-0.4, -0.2) is 50.6 Å². The van der Waals surface area contributed by atoms with Gasteiger partial charge in [-0.3, -0.25) is 0 Å². The van der Waals surface area contributed by atoms with Crippen LogP contribution < -0.4 is 10.6 Å². The fourth-order valence-electron chi connectivity index (χ4n) is 3.41. The van der Waals surface area contributed by atoms with E-state index < -0.39 is 41.9 Å². The van der Waals surface area contributed by atoms with Crippen molar-refractivity contribution < 1.29 is 24.1 Å². The molecule has 26 heavy (non-hydrogen) atoms. The minimum absolute atomic E-state index is 0.134. The number of benzene rings is 1. The molecule has 140 valence electrons. The van der Waals surface area contributed by atoms with Crippen LogP contribution in [0.2, 0.25) is 0 Å². The summed E-state index contributed by atoms with van der Waals surface area (Å²) in [5, 5.41) is 31.3. The van der Waals surface area contributed by atoms with Gasteiger partial charge in [-0.05, 0) is 24.1 Å². The number of anilines is 2. The minimum Gasteiger partial charge on any atom is -0.390 e. The lowest BCUT2D eigenvalue weighted by molar-refractivity contribution is -0.0232. The Labute approximate surface area is 148 Å². The monoisotopic (exact) mass is 366 g/mol. The number of aliphatic hydroxyl groups is 3. The lowest BCUT2D eigenvalue weighted by atomic mass is 9.92. The summed E-state index contributed by atoms with van der Waals surface area (Å²) >= 11 is 0. The SMILES string of the molecule is CN(c1cc(N)ncn1)C1CC(C(O)c2ccc(F)c(F)c2)[C@@H](O)C1O. The second kappa shape index (κ2) is 7.10. The third-order valence-corrected chi connectivity index (χ3v) is 4.92. The van der Waals surface area contributed by atoms with E-state index in [1.54, 1.807) is 11.9 Å². The molecule has 5 N–H and O–H groups in total. The third kappa shape index (κ3) is 3.33. The highest BCUT2D eigenvalue weighted by atomic mass is 19.2. The van der Waals surface area contributed by atoms with Gasteiger partial charge in [-0.2, -0.15) is 0 Å². The van der Waals surface area contributed by atoms with Gasteiger partial charge >= 0.3 is 0 Å². The molecule has 1 fully saturated rings. The van der Waals surface area contributed by atoms with Crippen LogP contribution in [-0.2, 0) is 0 Å². The van der Waals surface area contributed by atoms with Gasteiger partial charge in [0.1, 0.15) is 24.1 Å². The van der Waals surface area contributed by atoms with Gasteiger partial charge in [-0.25, -0.2) is 18.7 Å². The Hall–Kier alpha value is -2.36. The maximum Gasteiger partial charge on any atom is 0.159 e. The number of likely N-dealkylation sites (N-methyl/N-ethyl adjacent to an activating group) is 1. The first kappa shape index (κ1) is 18.4. The Morgan fingerprint density at radius 3 is 2.54 bits per heavy atom. The molecule has 0 radical (unpaired) electrons. The molecular formula is C17H20F2N4O3. The average Bonchev–Trinajstić information content (AvgIpc) is 2.91. The van der Waals surface area contributed by atoms with Gasteiger partial charge < -0.3 is 26.0 Å². The summed E-state index contributed by atoms with van der Waals surface area (Å²) in [5.41, 5.74) is 5.77. The third-order valence-electron chi connectivity index (χ3n) is 4.92. The largest absolute Gasteiger partial charge is 0.390 e. The summed E-state index contributed by atoms with van der Waals surface area (Å²) in [6, 6.07) is 4.03. The summed E-state index contributed by atoms with van der Waals surface area (Å²) < 4.78 is 26.5. The number of nitrogens with two attached hydrogens (primary N) is 1. The van der Waals surface area contributed by atoms with Crippen LogP contribution in [0.3, 0.4) is 0 Å². The van der Waals surface area contributed by atoms with Crippen molar-refractivity contribution >= 4 is 11.6 Å². The van der Waals surface area contributed by atoms with E-state index in [1.165, 1.54) is 18.5 Å². The first-order chi connectivity index (χ1) is 12.3. The van der Waals surface area contributed by atoms with E-state index in [0.717, 1.165) is 12.1 Å². The highest BCUT2D eigenvalue weighted by molar-refractivity contribution is 5.46. The molecule has 1 aliphatic carbocycles. The van der Waals surface area contributed by atoms with Crippen molar-refractivity contribution in [1.82, 2.24) is 9.97 Å². The van der Waals surface area contributed by atoms with Crippen molar-refractivity contribution in [3.63, 3.8) is 0 Å². The Morgan fingerprint density at radius 1 is 1.15 bits per heavy atom. The topological polar surface area (TPSA) is 116 Å². The van der Waals surface area contributed by atoms with Gasteiger partial charge in [0, 0.05) is 19.0 Å². The van der Waals surface area contributed by atoms with Crippen molar-refractivity contribution in [2.45, 2.75) is 30.8 Å². The Bertz CT molecular complexity index is 794. The van der Waals surface area contributed by atoms with E-state index in [4.69, 9.17) is 5.73 Å². The first-order valence-corrected chi connectivity index (χ1v) is 8.09. The summed E-state index contributed by atoms with van der Waals surface area (Å²) in [5.74, 6) is -2.15. The number of nitrogen functional groups attached to an aromatic ring is 1. The minimum atomic E-state index is -1.26. The van der Waals surface area contributed by atoms with E-state index in [1.807, 2.05) is 0 Å². The van der Waals surface area contributed by atoms with Gasteiger partial charge in [0.15, 0.2) is 11.6 Å². The second-order valence-electron chi connectivity index (χ2n) is 6.48. The van der Waals surface area contributed by atoms with Crippen molar-refractivity contribution in [2.24, 2.45) is 5.92 Å². The van der Waals surface area contributed by atoms with Crippen molar-refractivity contribution in [3.8, 4) is 0 Å². The number of aromatic nitrogens is 2. The lowest BCUT2D eigenvalue weighted by Gasteiger charge is -2.28. The molecule has 5 atom stereocenters. The van der Waals surface area contributed by atoms with E-state index in [0.29, 0.717) is 5.82 Å². The van der Waals surface area contributed by atoms with Crippen LogP contribution in [0.1, 0.15) is 18.1 Å². The van der Waals surface area contributed by atoms with Crippen molar-refractivity contribution in [3.05, 3.63) is 47.8 Å². The molecule has 0 bridgehead atoms. The zero-order valence-electron chi connectivity index (χ0n) is 14.0. The maximum atomic E-state index is 13.4. The normalized spacial score (nSPS) is 26.7. The molecule has 0 aliphatic heterocycles. The molecule has 1 aromatic carbocycles.